The Labute approximate surface area is 92.9 Å². The highest BCUT2D eigenvalue weighted by atomic mass is 14.7. The minimum atomic E-state index is 0.643. The van der Waals surface area contributed by atoms with Gasteiger partial charge in [0, 0.05) is 17.8 Å². The van der Waals surface area contributed by atoms with Crippen LogP contribution in [0.15, 0.2) is 24.4 Å². The Morgan fingerprint density at radius 1 is 1.13 bits per heavy atom. The lowest BCUT2D eigenvalue weighted by atomic mass is 9.85. The molecule has 0 bridgehead atoms. The van der Waals surface area contributed by atoms with Crippen molar-refractivity contribution in [1.82, 2.24) is 4.98 Å². The maximum absolute atomic E-state index is 4.48. The summed E-state index contributed by atoms with van der Waals surface area (Å²) in [6.07, 6.45) is 10.4. The quantitative estimate of drug-likeness (QED) is 0.658. The zero-order chi connectivity index (χ0) is 10.5. The Bertz CT molecular complexity index is 273. The molecule has 0 radical (unpaired) electrons. The van der Waals surface area contributed by atoms with E-state index in [4.69, 9.17) is 0 Å². The third-order valence-corrected chi connectivity index (χ3v) is 3.76. The van der Waals surface area contributed by atoms with Crippen LogP contribution in [0.2, 0.25) is 0 Å². The number of nitrogens with zero attached hydrogens (tertiary/aromatic N) is 1. The first kappa shape index (κ1) is 10.7. The number of aromatic nitrogens is 1. The predicted octanol–water partition coefficient (Wildman–Crippen LogP) is 4.16. The third kappa shape index (κ3) is 2.80. The molecule has 1 saturated carbocycles. The molecule has 0 N–H and O–H groups in total. The molecule has 0 aliphatic heterocycles. The molecule has 1 unspecified atom stereocenters. The van der Waals surface area contributed by atoms with E-state index in [1.807, 2.05) is 12.3 Å². The van der Waals surface area contributed by atoms with Gasteiger partial charge in [-0.15, -0.1) is 0 Å². The molecule has 0 amide bonds. The molecule has 1 heteroatoms. The summed E-state index contributed by atoms with van der Waals surface area (Å²) in [5, 5.41) is 0. The molecule has 1 fully saturated rings. The van der Waals surface area contributed by atoms with Gasteiger partial charge in [-0.1, -0.05) is 38.7 Å². The lowest BCUT2D eigenvalue weighted by Crippen LogP contribution is -2.10. The zero-order valence-corrected chi connectivity index (χ0v) is 9.65. The fraction of sp³-hybridized carbons (Fsp3) is 0.643. The summed E-state index contributed by atoms with van der Waals surface area (Å²) < 4.78 is 0. The highest BCUT2D eigenvalue weighted by Crippen LogP contribution is 2.33. The van der Waals surface area contributed by atoms with Crippen molar-refractivity contribution in [1.29, 1.82) is 0 Å². The van der Waals surface area contributed by atoms with Crippen LogP contribution in [0, 0.1) is 5.92 Å². The van der Waals surface area contributed by atoms with Crippen LogP contribution >= 0.6 is 0 Å². The van der Waals surface area contributed by atoms with Gasteiger partial charge in [0.2, 0.25) is 0 Å². The van der Waals surface area contributed by atoms with Gasteiger partial charge in [0.1, 0.15) is 0 Å². The molecule has 0 aromatic carbocycles. The largest absolute Gasteiger partial charge is 0.261 e. The van der Waals surface area contributed by atoms with Crippen LogP contribution in [0.3, 0.4) is 0 Å². The van der Waals surface area contributed by atoms with Crippen LogP contribution in [-0.4, -0.2) is 4.98 Å². The summed E-state index contributed by atoms with van der Waals surface area (Å²) in [4.78, 5) is 4.48. The average Bonchev–Trinajstić information content (AvgIpc) is 2.58. The molecule has 1 aliphatic carbocycles. The number of hydrogen-bond donors (Lipinski definition) is 0. The second-order valence-electron chi connectivity index (χ2n) is 4.79. The van der Waals surface area contributed by atoms with E-state index in [0.717, 1.165) is 5.92 Å². The molecule has 1 nitrogen and oxygen atoms in total. The first-order valence-electron chi connectivity index (χ1n) is 6.29. The van der Waals surface area contributed by atoms with Crippen LogP contribution in [-0.2, 0) is 0 Å². The van der Waals surface area contributed by atoms with Crippen molar-refractivity contribution >= 4 is 0 Å². The van der Waals surface area contributed by atoms with Gasteiger partial charge >= 0.3 is 0 Å². The SMILES string of the molecule is CC(c1ccccn1)C1CCCCCC1. The number of hydrogen-bond acceptors (Lipinski definition) is 1. The fourth-order valence-corrected chi connectivity index (χ4v) is 2.70. The molecule has 1 heterocycles. The van der Waals surface area contributed by atoms with Crippen LogP contribution in [0.25, 0.3) is 0 Å². The van der Waals surface area contributed by atoms with Gasteiger partial charge < -0.3 is 0 Å². The second-order valence-corrected chi connectivity index (χ2v) is 4.79. The molecule has 1 aromatic rings. The normalized spacial score (nSPS) is 20.9. The van der Waals surface area contributed by atoms with E-state index in [-0.39, 0.29) is 0 Å². The molecule has 2 rings (SSSR count). The molecule has 82 valence electrons. The molecule has 1 aromatic heterocycles. The van der Waals surface area contributed by atoms with Gasteiger partial charge in [-0.25, -0.2) is 0 Å². The topological polar surface area (TPSA) is 12.9 Å². The predicted molar refractivity (Wildman–Crippen MR) is 63.8 cm³/mol. The Balaban J connectivity index is 2.03. The molecule has 0 saturated heterocycles. The highest BCUT2D eigenvalue weighted by molar-refractivity contribution is 5.09. The molecular formula is C14H21N. The van der Waals surface area contributed by atoms with Crippen molar-refractivity contribution in [2.75, 3.05) is 0 Å². The molecule has 0 spiro atoms. The van der Waals surface area contributed by atoms with Gasteiger partial charge in [-0.05, 0) is 30.9 Å². The van der Waals surface area contributed by atoms with Crippen LogP contribution in [0.1, 0.15) is 57.1 Å². The van der Waals surface area contributed by atoms with Gasteiger partial charge in [0.25, 0.3) is 0 Å². The van der Waals surface area contributed by atoms with Gasteiger partial charge in [-0.3, -0.25) is 4.98 Å². The summed E-state index contributed by atoms with van der Waals surface area (Å²) in [6.45, 7) is 2.35. The molecule has 15 heavy (non-hydrogen) atoms. The van der Waals surface area contributed by atoms with Gasteiger partial charge in [0.05, 0.1) is 0 Å². The first-order chi connectivity index (χ1) is 7.38. The van der Waals surface area contributed by atoms with Crippen molar-refractivity contribution in [2.45, 2.75) is 51.4 Å². The van der Waals surface area contributed by atoms with E-state index in [9.17, 15) is 0 Å². The van der Waals surface area contributed by atoms with Gasteiger partial charge in [0.15, 0.2) is 0 Å². The molecule has 1 atom stereocenters. The summed E-state index contributed by atoms with van der Waals surface area (Å²) >= 11 is 0. The lowest BCUT2D eigenvalue weighted by molar-refractivity contribution is 0.389. The fourth-order valence-electron chi connectivity index (χ4n) is 2.70. The van der Waals surface area contributed by atoms with Crippen LogP contribution in [0.4, 0.5) is 0 Å². The highest BCUT2D eigenvalue weighted by Gasteiger charge is 2.20. The van der Waals surface area contributed by atoms with Gasteiger partial charge in [-0.2, -0.15) is 0 Å². The zero-order valence-electron chi connectivity index (χ0n) is 9.65. The van der Waals surface area contributed by atoms with Crippen molar-refractivity contribution in [3.05, 3.63) is 30.1 Å². The Morgan fingerprint density at radius 3 is 2.47 bits per heavy atom. The third-order valence-electron chi connectivity index (χ3n) is 3.76. The standard InChI is InChI=1S/C14H21N/c1-12(14-10-6-7-11-15-14)13-8-4-2-3-5-9-13/h6-7,10-13H,2-5,8-9H2,1H3. The molecule has 1 aliphatic rings. The maximum Gasteiger partial charge on any atom is 0.0434 e. The van der Waals surface area contributed by atoms with E-state index in [2.05, 4.69) is 24.0 Å². The number of rotatable bonds is 2. The monoisotopic (exact) mass is 203 g/mol. The summed E-state index contributed by atoms with van der Waals surface area (Å²) in [5.41, 5.74) is 1.28. The Kier molecular flexibility index (Phi) is 3.76. The second kappa shape index (κ2) is 5.29. The molecular weight excluding hydrogens is 182 g/mol. The minimum Gasteiger partial charge on any atom is -0.261 e. The summed E-state index contributed by atoms with van der Waals surface area (Å²) in [6, 6.07) is 6.29. The summed E-state index contributed by atoms with van der Waals surface area (Å²) in [7, 11) is 0. The van der Waals surface area contributed by atoms with Crippen LogP contribution < -0.4 is 0 Å². The van der Waals surface area contributed by atoms with Crippen molar-refractivity contribution in [2.24, 2.45) is 5.92 Å². The van der Waals surface area contributed by atoms with Crippen molar-refractivity contribution < 1.29 is 0 Å². The van der Waals surface area contributed by atoms with Crippen molar-refractivity contribution in [3.63, 3.8) is 0 Å². The maximum atomic E-state index is 4.48. The van der Waals surface area contributed by atoms with E-state index in [1.165, 1.54) is 44.2 Å². The summed E-state index contributed by atoms with van der Waals surface area (Å²) in [5.74, 6) is 1.51. The van der Waals surface area contributed by atoms with E-state index in [0.29, 0.717) is 5.92 Å². The average molecular weight is 203 g/mol. The smallest absolute Gasteiger partial charge is 0.0434 e. The van der Waals surface area contributed by atoms with E-state index < -0.39 is 0 Å². The van der Waals surface area contributed by atoms with E-state index in [1.54, 1.807) is 0 Å². The lowest BCUT2D eigenvalue weighted by Gasteiger charge is -2.21. The van der Waals surface area contributed by atoms with Crippen LogP contribution in [0.5, 0.6) is 0 Å². The Hall–Kier alpha value is -0.850. The van der Waals surface area contributed by atoms with Crippen molar-refractivity contribution in [3.8, 4) is 0 Å². The Morgan fingerprint density at radius 2 is 1.87 bits per heavy atom. The van der Waals surface area contributed by atoms with E-state index >= 15 is 0 Å². The first-order valence-corrected chi connectivity index (χ1v) is 6.29. The number of pyridine rings is 1. The minimum absolute atomic E-state index is 0.643.